The molecule has 0 bridgehead atoms. The van der Waals surface area contributed by atoms with E-state index in [0.29, 0.717) is 0 Å². The van der Waals surface area contributed by atoms with E-state index < -0.39 is 0 Å². The molecular formula is C13H25IO2. The molecule has 1 fully saturated rings. The fourth-order valence-corrected chi connectivity index (χ4v) is 2.50. The summed E-state index contributed by atoms with van der Waals surface area (Å²) >= 11 is 2.45. The Bertz CT molecular complexity index is 147. The first-order valence-electron chi connectivity index (χ1n) is 6.72. The molecule has 0 aromatic carbocycles. The van der Waals surface area contributed by atoms with Gasteiger partial charge in [-0.15, -0.1) is 0 Å². The molecular weight excluding hydrogens is 315 g/mol. The molecule has 1 aliphatic heterocycles. The lowest BCUT2D eigenvalue weighted by Gasteiger charge is -2.22. The van der Waals surface area contributed by atoms with E-state index in [1.807, 2.05) is 0 Å². The number of hydrogen-bond donors (Lipinski definition) is 0. The molecule has 0 aromatic rings. The molecule has 0 amide bonds. The molecule has 96 valence electrons. The molecule has 0 saturated carbocycles. The molecule has 0 aliphatic carbocycles. The van der Waals surface area contributed by atoms with Crippen molar-refractivity contribution in [3.63, 3.8) is 0 Å². The van der Waals surface area contributed by atoms with Crippen molar-refractivity contribution in [3.05, 3.63) is 0 Å². The van der Waals surface area contributed by atoms with Gasteiger partial charge in [-0.25, -0.2) is 0 Å². The first-order valence-corrected chi connectivity index (χ1v) is 8.25. The van der Waals surface area contributed by atoms with Crippen LogP contribution in [0.1, 0.15) is 57.8 Å². The van der Waals surface area contributed by atoms with Crippen LogP contribution in [0.4, 0.5) is 0 Å². The molecule has 16 heavy (non-hydrogen) atoms. The highest BCUT2D eigenvalue weighted by atomic mass is 127. The summed E-state index contributed by atoms with van der Waals surface area (Å²) in [6, 6.07) is 0. The van der Waals surface area contributed by atoms with Gasteiger partial charge in [-0.05, 0) is 36.5 Å². The van der Waals surface area contributed by atoms with Crippen LogP contribution in [0.3, 0.4) is 0 Å². The highest BCUT2D eigenvalue weighted by Gasteiger charge is 2.12. The van der Waals surface area contributed by atoms with Crippen LogP contribution in [0, 0.1) is 0 Å². The van der Waals surface area contributed by atoms with Crippen molar-refractivity contribution in [1.29, 1.82) is 0 Å². The van der Waals surface area contributed by atoms with E-state index in [1.165, 1.54) is 55.8 Å². The van der Waals surface area contributed by atoms with Crippen LogP contribution < -0.4 is 0 Å². The zero-order valence-corrected chi connectivity index (χ0v) is 12.4. The summed E-state index contributed by atoms with van der Waals surface area (Å²) in [5.74, 6) is 0. The van der Waals surface area contributed by atoms with Gasteiger partial charge in [0.25, 0.3) is 0 Å². The van der Waals surface area contributed by atoms with E-state index >= 15 is 0 Å². The average Bonchev–Trinajstić information content (AvgIpc) is 2.34. The average molecular weight is 340 g/mol. The Hall–Kier alpha value is 0.650. The minimum absolute atomic E-state index is 0.104. The van der Waals surface area contributed by atoms with Crippen LogP contribution in [0.15, 0.2) is 0 Å². The quantitative estimate of drug-likeness (QED) is 0.354. The lowest BCUT2D eigenvalue weighted by Crippen LogP contribution is -2.22. The predicted octanol–water partition coefficient (Wildman–Crippen LogP) is 4.31. The van der Waals surface area contributed by atoms with Crippen molar-refractivity contribution >= 4 is 22.6 Å². The number of halogens is 1. The molecule has 1 aliphatic rings. The minimum Gasteiger partial charge on any atom is -0.353 e. The molecule has 0 spiro atoms. The highest BCUT2D eigenvalue weighted by Crippen LogP contribution is 2.14. The Morgan fingerprint density at radius 3 is 2.44 bits per heavy atom. The van der Waals surface area contributed by atoms with Crippen molar-refractivity contribution in [2.75, 3.05) is 17.6 Å². The number of alkyl halides is 1. The van der Waals surface area contributed by atoms with E-state index in [2.05, 4.69) is 22.6 Å². The molecule has 0 N–H and O–H groups in total. The van der Waals surface area contributed by atoms with Crippen LogP contribution in [0.25, 0.3) is 0 Å². The highest BCUT2D eigenvalue weighted by molar-refractivity contribution is 14.1. The Morgan fingerprint density at radius 1 is 1.00 bits per heavy atom. The van der Waals surface area contributed by atoms with Gasteiger partial charge < -0.3 is 9.47 Å². The van der Waals surface area contributed by atoms with Crippen molar-refractivity contribution in [2.45, 2.75) is 64.1 Å². The van der Waals surface area contributed by atoms with Gasteiger partial charge in [-0.1, -0.05) is 48.3 Å². The number of hydrogen-bond acceptors (Lipinski definition) is 2. The lowest BCUT2D eigenvalue weighted by atomic mass is 10.1. The Balaban J connectivity index is 1.77. The minimum atomic E-state index is 0.104. The summed E-state index contributed by atoms with van der Waals surface area (Å²) in [7, 11) is 0. The first-order chi connectivity index (χ1) is 7.93. The maximum atomic E-state index is 5.69. The summed E-state index contributed by atoms with van der Waals surface area (Å²) in [6.07, 6.45) is 11.7. The fraction of sp³-hybridized carbons (Fsp3) is 1.00. The van der Waals surface area contributed by atoms with E-state index in [0.717, 1.165) is 19.6 Å². The molecule has 3 heteroatoms. The van der Waals surface area contributed by atoms with E-state index in [4.69, 9.17) is 9.47 Å². The van der Waals surface area contributed by atoms with Gasteiger partial charge in [0.15, 0.2) is 6.29 Å². The lowest BCUT2D eigenvalue weighted by molar-refractivity contribution is -0.162. The smallest absolute Gasteiger partial charge is 0.157 e. The van der Waals surface area contributed by atoms with Gasteiger partial charge in [-0.3, -0.25) is 0 Å². The summed E-state index contributed by atoms with van der Waals surface area (Å²) < 4.78 is 12.5. The van der Waals surface area contributed by atoms with Crippen molar-refractivity contribution in [1.82, 2.24) is 0 Å². The first kappa shape index (κ1) is 14.7. The van der Waals surface area contributed by atoms with Gasteiger partial charge >= 0.3 is 0 Å². The zero-order valence-electron chi connectivity index (χ0n) is 10.3. The van der Waals surface area contributed by atoms with Crippen molar-refractivity contribution < 1.29 is 9.47 Å². The van der Waals surface area contributed by atoms with Crippen molar-refractivity contribution in [3.8, 4) is 0 Å². The van der Waals surface area contributed by atoms with E-state index in [1.54, 1.807) is 0 Å². The second-order valence-electron chi connectivity index (χ2n) is 4.48. The second kappa shape index (κ2) is 10.8. The Labute approximate surface area is 114 Å². The Morgan fingerprint density at radius 2 is 1.75 bits per heavy atom. The molecule has 2 nitrogen and oxygen atoms in total. The third-order valence-corrected chi connectivity index (χ3v) is 3.73. The summed E-state index contributed by atoms with van der Waals surface area (Å²) in [4.78, 5) is 0. The van der Waals surface area contributed by atoms with Gasteiger partial charge in [0, 0.05) is 13.2 Å². The predicted molar refractivity (Wildman–Crippen MR) is 76.1 cm³/mol. The van der Waals surface area contributed by atoms with Crippen LogP contribution in [-0.2, 0) is 9.47 Å². The molecule has 1 rings (SSSR count). The molecule has 0 unspecified atom stereocenters. The number of rotatable bonds is 9. The van der Waals surface area contributed by atoms with Gasteiger partial charge in [0.2, 0.25) is 0 Å². The SMILES string of the molecule is ICCCCCCCCO[C@@H]1CCCCO1. The van der Waals surface area contributed by atoms with Gasteiger partial charge in [0.05, 0.1) is 0 Å². The zero-order chi connectivity index (χ0) is 11.5. The maximum absolute atomic E-state index is 5.69. The molecule has 0 aromatic heterocycles. The summed E-state index contributed by atoms with van der Waals surface area (Å²) in [6.45, 7) is 1.78. The van der Waals surface area contributed by atoms with Gasteiger partial charge in [0.1, 0.15) is 0 Å². The third-order valence-electron chi connectivity index (χ3n) is 2.97. The maximum Gasteiger partial charge on any atom is 0.157 e. The largest absolute Gasteiger partial charge is 0.353 e. The van der Waals surface area contributed by atoms with Crippen molar-refractivity contribution in [2.24, 2.45) is 0 Å². The monoisotopic (exact) mass is 340 g/mol. The Kier molecular flexibility index (Phi) is 9.91. The van der Waals surface area contributed by atoms with E-state index in [-0.39, 0.29) is 6.29 Å². The number of unbranched alkanes of at least 4 members (excludes halogenated alkanes) is 5. The van der Waals surface area contributed by atoms with Gasteiger partial charge in [-0.2, -0.15) is 0 Å². The normalized spacial score (nSPS) is 21.2. The van der Waals surface area contributed by atoms with Crippen LogP contribution >= 0.6 is 22.6 Å². The fourth-order valence-electron chi connectivity index (χ4n) is 1.96. The second-order valence-corrected chi connectivity index (χ2v) is 5.56. The molecule has 0 radical (unpaired) electrons. The van der Waals surface area contributed by atoms with E-state index in [9.17, 15) is 0 Å². The topological polar surface area (TPSA) is 18.5 Å². The van der Waals surface area contributed by atoms with Crippen LogP contribution in [0.2, 0.25) is 0 Å². The number of ether oxygens (including phenoxy) is 2. The van der Waals surface area contributed by atoms with Crippen LogP contribution in [-0.4, -0.2) is 23.9 Å². The summed E-state index contributed by atoms with van der Waals surface area (Å²) in [5, 5.41) is 0. The molecule has 1 heterocycles. The van der Waals surface area contributed by atoms with Crippen LogP contribution in [0.5, 0.6) is 0 Å². The molecule has 1 saturated heterocycles. The third kappa shape index (κ3) is 7.85. The summed E-state index contributed by atoms with van der Waals surface area (Å²) in [5.41, 5.74) is 0. The standard InChI is InChI=1S/C13H25IO2/c14-10-6-3-1-2-4-7-11-15-13-9-5-8-12-16-13/h13H,1-12H2/t13-/m0/s1. The molecule has 1 atom stereocenters.